The van der Waals surface area contributed by atoms with Crippen molar-refractivity contribution in [2.45, 2.75) is 24.3 Å². The van der Waals surface area contributed by atoms with E-state index in [-0.39, 0.29) is 40.7 Å². The first-order valence-corrected chi connectivity index (χ1v) is 12.8. The lowest BCUT2D eigenvalue weighted by atomic mass is 9.97. The van der Waals surface area contributed by atoms with E-state index in [1.165, 1.54) is 4.31 Å². The van der Waals surface area contributed by atoms with Gasteiger partial charge in [0.25, 0.3) is 0 Å². The Kier molecular flexibility index (Phi) is 7.31. The number of carbonyl (C=O) groups is 1. The van der Waals surface area contributed by atoms with Crippen molar-refractivity contribution >= 4 is 56.6 Å². The van der Waals surface area contributed by atoms with E-state index in [4.69, 9.17) is 34.8 Å². The number of amides is 1. The molecule has 174 valence electrons. The molecule has 0 bridgehead atoms. The lowest BCUT2D eigenvalue weighted by molar-refractivity contribution is -0.120. The number of benzene rings is 2. The summed E-state index contributed by atoms with van der Waals surface area (Å²) < 4.78 is 28.5. The van der Waals surface area contributed by atoms with Crippen LogP contribution in [0.2, 0.25) is 15.1 Å². The Bertz CT molecular complexity index is 1240. The molecule has 0 unspecified atom stereocenters. The van der Waals surface area contributed by atoms with Crippen LogP contribution in [0.1, 0.15) is 18.4 Å². The molecule has 0 saturated carbocycles. The quantitative estimate of drug-likeness (QED) is 0.493. The summed E-state index contributed by atoms with van der Waals surface area (Å²) in [5, 5.41) is 8.42. The zero-order valence-electron chi connectivity index (χ0n) is 17.4. The second kappa shape index (κ2) is 10.0. The minimum absolute atomic E-state index is 0.240. The Morgan fingerprint density at radius 2 is 1.61 bits per heavy atom. The number of piperidine rings is 1. The number of aromatic nitrogens is 2. The molecule has 1 aromatic heterocycles. The van der Waals surface area contributed by atoms with Gasteiger partial charge in [0.15, 0.2) is 5.82 Å². The molecule has 0 aliphatic carbocycles. The summed E-state index contributed by atoms with van der Waals surface area (Å²) in [4.78, 5) is 13.0. The van der Waals surface area contributed by atoms with Crippen LogP contribution in [-0.2, 0) is 21.4 Å². The van der Waals surface area contributed by atoms with Gasteiger partial charge in [-0.2, -0.15) is 9.40 Å². The lowest BCUT2D eigenvalue weighted by Crippen LogP contribution is -2.41. The highest BCUT2D eigenvalue weighted by molar-refractivity contribution is 7.89. The van der Waals surface area contributed by atoms with E-state index in [9.17, 15) is 13.2 Å². The van der Waals surface area contributed by atoms with Crippen LogP contribution in [0.5, 0.6) is 0 Å². The smallest absolute Gasteiger partial charge is 0.243 e. The van der Waals surface area contributed by atoms with Gasteiger partial charge < -0.3 is 5.32 Å². The molecule has 1 aliphatic heterocycles. The van der Waals surface area contributed by atoms with Crippen molar-refractivity contribution in [2.75, 3.05) is 18.4 Å². The third kappa shape index (κ3) is 5.36. The molecule has 2 heterocycles. The molecule has 1 amide bonds. The fourth-order valence-electron chi connectivity index (χ4n) is 3.73. The second-order valence-electron chi connectivity index (χ2n) is 7.70. The van der Waals surface area contributed by atoms with E-state index in [1.807, 2.05) is 0 Å². The average Bonchev–Trinajstić information content (AvgIpc) is 3.15. The van der Waals surface area contributed by atoms with Crippen LogP contribution in [0.4, 0.5) is 5.82 Å². The third-order valence-corrected chi connectivity index (χ3v) is 8.44. The monoisotopic (exact) mass is 526 g/mol. The Hall–Kier alpha value is -2.10. The first-order valence-electron chi connectivity index (χ1n) is 10.3. The fourth-order valence-corrected chi connectivity index (χ4v) is 5.93. The Labute approximate surface area is 207 Å². The number of hydrogen-bond donors (Lipinski definition) is 1. The number of sulfonamides is 1. The summed E-state index contributed by atoms with van der Waals surface area (Å²) in [5.41, 5.74) is 0.699. The van der Waals surface area contributed by atoms with E-state index < -0.39 is 10.0 Å². The van der Waals surface area contributed by atoms with Gasteiger partial charge in [-0.1, -0.05) is 59.1 Å². The molecule has 0 atom stereocenters. The number of anilines is 1. The highest BCUT2D eigenvalue weighted by atomic mass is 35.5. The molecule has 1 saturated heterocycles. The third-order valence-electron chi connectivity index (χ3n) is 5.55. The predicted octanol–water partition coefficient (Wildman–Crippen LogP) is 4.93. The fraction of sp³-hybridized carbons (Fsp3) is 0.273. The maximum atomic E-state index is 12.8. The summed E-state index contributed by atoms with van der Waals surface area (Å²) in [6.07, 6.45) is 2.41. The molecule has 0 radical (unpaired) electrons. The molecule has 7 nitrogen and oxygen atoms in total. The minimum Gasteiger partial charge on any atom is -0.308 e. The van der Waals surface area contributed by atoms with E-state index in [0.717, 1.165) is 0 Å². The Balaban J connectivity index is 1.38. The van der Waals surface area contributed by atoms with Crippen molar-refractivity contribution in [2.24, 2.45) is 5.92 Å². The van der Waals surface area contributed by atoms with Crippen LogP contribution in [0.15, 0.2) is 59.6 Å². The molecule has 4 rings (SSSR count). The van der Waals surface area contributed by atoms with Gasteiger partial charge in [0.1, 0.15) is 5.02 Å². The summed E-state index contributed by atoms with van der Waals surface area (Å²) in [6.45, 7) is 0.828. The summed E-state index contributed by atoms with van der Waals surface area (Å²) in [6, 6.07) is 13.5. The number of rotatable bonds is 6. The van der Waals surface area contributed by atoms with Gasteiger partial charge in [0, 0.05) is 40.8 Å². The van der Waals surface area contributed by atoms with Crippen molar-refractivity contribution in [1.82, 2.24) is 14.1 Å². The maximum absolute atomic E-state index is 12.8. The molecule has 1 aliphatic rings. The zero-order chi connectivity index (χ0) is 23.6. The first-order chi connectivity index (χ1) is 15.8. The van der Waals surface area contributed by atoms with Gasteiger partial charge in [0.05, 0.1) is 11.4 Å². The number of hydrogen-bond acceptors (Lipinski definition) is 4. The largest absolute Gasteiger partial charge is 0.308 e. The van der Waals surface area contributed by atoms with E-state index in [2.05, 4.69) is 10.4 Å². The van der Waals surface area contributed by atoms with Gasteiger partial charge >= 0.3 is 0 Å². The van der Waals surface area contributed by atoms with Crippen LogP contribution >= 0.6 is 34.8 Å². The van der Waals surface area contributed by atoms with Crippen molar-refractivity contribution in [3.63, 3.8) is 0 Å². The van der Waals surface area contributed by atoms with E-state index in [1.54, 1.807) is 59.4 Å². The van der Waals surface area contributed by atoms with Crippen molar-refractivity contribution < 1.29 is 13.2 Å². The number of nitrogens with zero attached hydrogens (tertiary/aromatic N) is 3. The Morgan fingerprint density at radius 1 is 0.970 bits per heavy atom. The predicted molar refractivity (Wildman–Crippen MR) is 129 cm³/mol. The number of halogens is 3. The van der Waals surface area contributed by atoms with Gasteiger partial charge in [-0.05, 0) is 37.1 Å². The molecule has 11 heteroatoms. The van der Waals surface area contributed by atoms with E-state index in [0.29, 0.717) is 35.0 Å². The molecular formula is C22H21Cl3N4O3S. The van der Waals surface area contributed by atoms with Crippen molar-refractivity contribution in [3.8, 4) is 0 Å². The van der Waals surface area contributed by atoms with Crippen LogP contribution in [0, 0.1) is 5.92 Å². The molecule has 0 spiro atoms. The van der Waals surface area contributed by atoms with Gasteiger partial charge in [0.2, 0.25) is 15.9 Å². The lowest BCUT2D eigenvalue weighted by Gasteiger charge is -2.30. The van der Waals surface area contributed by atoms with Gasteiger partial charge in [-0.15, -0.1) is 0 Å². The highest BCUT2D eigenvalue weighted by Gasteiger charge is 2.32. The van der Waals surface area contributed by atoms with Crippen molar-refractivity contribution in [3.05, 3.63) is 75.4 Å². The summed E-state index contributed by atoms with van der Waals surface area (Å²) >= 11 is 18.7. The van der Waals surface area contributed by atoms with Crippen LogP contribution in [-0.4, -0.2) is 41.5 Å². The molecular weight excluding hydrogens is 507 g/mol. The highest BCUT2D eigenvalue weighted by Crippen LogP contribution is 2.28. The number of nitrogens with one attached hydrogen (secondary N) is 1. The van der Waals surface area contributed by atoms with Crippen LogP contribution in [0.3, 0.4) is 0 Å². The summed E-state index contributed by atoms with van der Waals surface area (Å²) in [5.74, 6) is -0.342. The van der Waals surface area contributed by atoms with E-state index >= 15 is 0 Å². The molecule has 1 N–H and O–H groups in total. The number of carbonyl (C=O) groups excluding carboxylic acids is 1. The van der Waals surface area contributed by atoms with Crippen molar-refractivity contribution in [1.29, 1.82) is 0 Å². The molecule has 1 fully saturated rings. The van der Waals surface area contributed by atoms with Gasteiger partial charge in [-0.3, -0.25) is 9.48 Å². The molecule has 33 heavy (non-hydrogen) atoms. The topological polar surface area (TPSA) is 84.3 Å². The normalized spacial score (nSPS) is 15.5. The molecule has 3 aromatic rings. The maximum Gasteiger partial charge on any atom is 0.243 e. The average molecular weight is 528 g/mol. The Morgan fingerprint density at radius 3 is 2.24 bits per heavy atom. The zero-order valence-corrected chi connectivity index (χ0v) is 20.5. The second-order valence-corrected chi connectivity index (χ2v) is 10.9. The first kappa shape index (κ1) is 24.0. The minimum atomic E-state index is -3.57. The van der Waals surface area contributed by atoms with Crippen LogP contribution in [0.25, 0.3) is 0 Å². The molecule has 2 aromatic carbocycles. The summed E-state index contributed by atoms with van der Waals surface area (Å²) in [7, 11) is -3.57. The standard InChI is InChI=1S/C22H21Cl3N4O3S/c23-18-7-4-8-19(24)17(18)13-28-14-20(25)21(27-28)26-22(30)15-9-11-29(12-10-15)33(31,32)16-5-2-1-3-6-16/h1-8,14-15H,9-13H2,(H,26,27,30). The SMILES string of the molecule is O=C(Nc1nn(Cc2c(Cl)cccc2Cl)cc1Cl)C1CCN(S(=O)(=O)c2ccccc2)CC1. The van der Waals surface area contributed by atoms with Gasteiger partial charge in [-0.25, -0.2) is 8.42 Å². The van der Waals surface area contributed by atoms with Crippen LogP contribution < -0.4 is 5.32 Å².